The summed E-state index contributed by atoms with van der Waals surface area (Å²) in [4.78, 5) is 1.93. The van der Waals surface area contributed by atoms with E-state index < -0.39 is 12.5 Å². The molecule has 6 nitrogen and oxygen atoms in total. The van der Waals surface area contributed by atoms with Crippen molar-refractivity contribution < 1.29 is 10.2 Å². The second-order valence-corrected chi connectivity index (χ2v) is 3.84. The van der Waals surface area contributed by atoms with Gasteiger partial charge in [0.2, 0.25) is 0 Å². The highest BCUT2D eigenvalue weighted by molar-refractivity contribution is 4.62. The van der Waals surface area contributed by atoms with E-state index >= 15 is 0 Å². The van der Waals surface area contributed by atoms with Gasteiger partial charge in [0.15, 0.2) is 0 Å². The van der Waals surface area contributed by atoms with Crippen LogP contribution in [0.4, 0.5) is 0 Å². The summed E-state index contributed by atoms with van der Waals surface area (Å²) in [6.07, 6.45) is -0.985. The molecule has 0 bridgehead atoms. The van der Waals surface area contributed by atoms with Crippen molar-refractivity contribution in [1.82, 2.24) is 15.5 Å². The monoisotopic (exact) mass is 234 g/mol. The third kappa shape index (κ3) is 9.02. The maximum absolute atomic E-state index is 9.52. The summed E-state index contributed by atoms with van der Waals surface area (Å²) >= 11 is 0. The summed E-state index contributed by atoms with van der Waals surface area (Å²) in [5, 5.41) is 24.6. The van der Waals surface area contributed by atoms with E-state index in [2.05, 4.69) is 10.6 Å². The molecule has 0 rings (SSSR count). The minimum atomic E-state index is -0.508. The Morgan fingerprint density at radius 2 is 1.75 bits per heavy atom. The van der Waals surface area contributed by atoms with Crippen molar-refractivity contribution in [3.63, 3.8) is 0 Å². The molecule has 0 saturated heterocycles. The molecule has 0 spiro atoms. The van der Waals surface area contributed by atoms with Gasteiger partial charge in [-0.2, -0.15) is 0 Å². The van der Waals surface area contributed by atoms with Gasteiger partial charge >= 0.3 is 0 Å². The predicted molar refractivity (Wildman–Crippen MR) is 64.9 cm³/mol. The lowest BCUT2D eigenvalue weighted by molar-refractivity contribution is 0.0174. The molecule has 0 aliphatic heterocycles. The lowest BCUT2D eigenvalue weighted by atomic mass is 10.4. The van der Waals surface area contributed by atoms with Crippen molar-refractivity contribution in [2.45, 2.75) is 26.3 Å². The van der Waals surface area contributed by atoms with Gasteiger partial charge in [-0.15, -0.1) is 0 Å². The lowest BCUT2D eigenvalue weighted by Crippen LogP contribution is -2.43. The Hall–Kier alpha value is -0.240. The summed E-state index contributed by atoms with van der Waals surface area (Å²) in [7, 11) is 0. The fourth-order valence-corrected chi connectivity index (χ4v) is 1.35. The largest absolute Gasteiger partial charge is 0.379 e. The van der Waals surface area contributed by atoms with Crippen LogP contribution in [0, 0.1) is 0 Å². The van der Waals surface area contributed by atoms with E-state index in [1.54, 1.807) is 13.8 Å². The quantitative estimate of drug-likeness (QED) is 0.224. The maximum atomic E-state index is 9.52. The number of nitrogens with zero attached hydrogens (tertiary/aromatic N) is 1. The number of aliphatic hydroxyl groups is 2. The maximum Gasteiger partial charge on any atom is 0.104 e. The smallest absolute Gasteiger partial charge is 0.104 e. The summed E-state index contributed by atoms with van der Waals surface area (Å²) in [5.74, 6) is 0. The highest BCUT2D eigenvalue weighted by Gasteiger charge is 2.09. The van der Waals surface area contributed by atoms with Crippen LogP contribution >= 0.6 is 0 Å². The van der Waals surface area contributed by atoms with Crippen molar-refractivity contribution in [2.75, 3.05) is 39.3 Å². The Morgan fingerprint density at radius 1 is 1.12 bits per heavy atom. The van der Waals surface area contributed by atoms with Crippen molar-refractivity contribution in [2.24, 2.45) is 5.73 Å². The zero-order valence-corrected chi connectivity index (χ0v) is 10.3. The van der Waals surface area contributed by atoms with Crippen molar-refractivity contribution in [3.05, 3.63) is 0 Å². The number of aliphatic hydroxyl groups excluding tert-OH is 2. The van der Waals surface area contributed by atoms with Crippen molar-refractivity contribution in [3.8, 4) is 0 Å². The standard InChI is InChI=1S/C10H26N4O2/c1-9(15)13-6-8-14(10(2)16)7-5-12-4-3-11/h9-10,12-13,15-16H,3-8,11H2,1-2H3. The molecule has 0 aromatic rings. The van der Waals surface area contributed by atoms with Crippen LogP contribution in [0.2, 0.25) is 0 Å². The molecular weight excluding hydrogens is 208 g/mol. The molecule has 98 valence electrons. The van der Waals surface area contributed by atoms with Crippen molar-refractivity contribution in [1.29, 1.82) is 0 Å². The number of hydrogen-bond acceptors (Lipinski definition) is 6. The van der Waals surface area contributed by atoms with Crippen LogP contribution in [0.25, 0.3) is 0 Å². The molecule has 0 saturated carbocycles. The molecule has 16 heavy (non-hydrogen) atoms. The highest BCUT2D eigenvalue weighted by Crippen LogP contribution is 1.93. The molecule has 2 unspecified atom stereocenters. The molecule has 6 heteroatoms. The Kier molecular flexibility index (Phi) is 9.80. The van der Waals surface area contributed by atoms with E-state index in [-0.39, 0.29) is 0 Å². The van der Waals surface area contributed by atoms with E-state index in [1.807, 2.05) is 4.90 Å². The highest BCUT2D eigenvalue weighted by atomic mass is 16.3. The number of hydrogen-bond donors (Lipinski definition) is 5. The van der Waals surface area contributed by atoms with Crippen LogP contribution in [0.5, 0.6) is 0 Å². The summed E-state index contributed by atoms with van der Waals surface area (Å²) in [6, 6.07) is 0. The van der Waals surface area contributed by atoms with Crippen LogP contribution < -0.4 is 16.4 Å². The normalized spacial score (nSPS) is 15.4. The van der Waals surface area contributed by atoms with Crippen LogP contribution in [0.1, 0.15) is 13.8 Å². The summed E-state index contributed by atoms with van der Waals surface area (Å²) < 4.78 is 0. The Balaban J connectivity index is 3.63. The average molecular weight is 234 g/mol. The first-order chi connectivity index (χ1) is 7.57. The van der Waals surface area contributed by atoms with E-state index in [0.717, 1.165) is 19.6 Å². The van der Waals surface area contributed by atoms with E-state index in [4.69, 9.17) is 10.8 Å². The van der Waals surface area contributed by atoms with Gasteiger partial charge in [-0.1, -0.05) is 0 Å². The van der Waals surface area contributed by atoms with Gasteiger partial charge in [-0.05, 0) is 13.8 Å². The first-order valence-electron chi connectivity index (χ1n) is 5.82. The lowest BCUT2D eigenvalue weighted by Gasteiger charge is -2.25. The number of rotatable bonds is 10. The molecule has 0 radical (unpaired) electrons. The first kappa shape index (κ1) is 15.8. The summed E-state index contributed by atoms with van der Waals surface area (Å²) in [5.41, 5.74) is 5.36. The Morgan fingerprint density at radius 3 is 2.25 bits per heavy atom. The van der Waals surface area contributed by atoms with Crippen LogP contribution in [-0.2, 0) is 0 Å². The third-order valence-corrected chi connectivity index (χ3v) is 2.26. The van der Waals surface area contributed by atoms with Crippen molar-refractivity contribution >= 4 is 0 Å². The first-order valence-corrected chi connectivity index (χ1v) is 5.82. The minimum absolute atomic E-state index is 0.476. The second-order valence-electron chi connectivity index (χ2n) is 3.84. The molecule has 2 atom stereocenters. The second kappa shape index (κ2) is 9.95. The minimum Gasteiger partial charge on any atom is -0.379 e. The molecular formula is C10H26N4O2. The SMILES string of the molecule is CC(O)NCCN(CCNCCN)C(C)O. The van der Waals surface area contributed by atoms with Crippen LogP contribution in [0.15, 0.2) is 0 Å². The van der Waals surface area contributed by atoms with Gasteiger partial charge in [-0.25, -0.2) is 0 Å². The topological polar surface area (TPSA) is 93.8 Å². The zero-order valence-electron chi connectivity index (χ0n) is 10.3. The Labute approximate surface area is 97.8 Å². The van der Waals surface area contributed by atoms with Crippen LogP contribution in [0.3, 0.4) is 0 Å². The van der Waals surface area contributed by atoms with Gasteiger partial charge < -0.3 is 21.3 Å². The number of nitrogens with one attached hydrogen (secondary N) is 2. The predicted octanol–water partition coefficient (Wildman–Crippen LogP) is -1.90. The van der Waals surface area contributed by atoms with E-state index in [9.17, 15) is 5.11 Å². The molecule has 0 aliphatic rings. The van der Waals surface area contributed by atoms with Gasteiger partial charge in [0.25, 0.3) is 0 Å². The van der Waals surface area contributed by atoms with Gasteiger partial charge in [0.1, 0.15) is 12.5 Å². The van der Waals surface area contributed by atoms with E-state index in [1.165, 1.54) is 0 Å². The fourth-order valence-electron chi connectivity index (χ4n) is 1.35. The van der Waals surface area contributed by atoms with E-state index in [0.29, 0.717) is 19.6 Å². The molecule has 0 fully saturated rings. The molecule has 0 amide bonds. The summed E-state index contributed by atoms with van der Waals surface area (Å²) in [6.45, 7) is 7.75. The fraction of sp³-hybridized carbons (Fsp3) is 1.00. The Bertz CT molecular complexity index is 156. The molecule has 0 heterocycles. The molecule has 6 N–H and O–H groups in total. The average Bonchev–Trinajstić information content (AvgIpc) is 2.20. The van der Waals surface area contributed by atoms with Gasteiger partial charge in [0, 0.05) is 39.3 Å². The van der Waals surface area contributed by atoms with Gasteiger partial charge in [0.05, 0.1) is 0 Å². The third-order valence-electron chi connectivity index (χ3n) is 2.26. The molecule has 0 aliphatic carbocycles. The zero-order chi connectivity index (χ0) is 12.4. The van der Waals surface area contributed by atoms with Crippen LogP contribution in [-0.4, -0.2) is 66.8 Å². The molecule has 0 aromatic carbocycles. The molecule has 0 aromatic heterocycles. The van der Waals surface area contributed by atoms with Gasteiger partial charge in [-0.3, -0.25) is 10.2 Å². The number of nitrogens with two attached hydrogens (primary N) is 1.